The number of furan rings is 1. The zero-order chi connectivity index (χ0) is 21.3. The first-order valence-corrected chi connectivity index (χ1v) is 11.3. The van der Waals surface area contributed by atoms with Gasteiger partial charge in [0.25, 0.3) is 5.56 Å². The molecule has 8 heteroatoms. The van der Waals surface area contributed by atoms with E-state index in [0.29, 0.717) is 12.3 Å². The predicted octanol–water partition coefficient (Wildman–Crippen LogP) is 3.61. The number of thiophene rings is 1. The fraction of sp³-hybridized carbons (Fsp3) is 0.500. The van der Waals surface area contributed by atoms with Crippen LogP contribution in [-0.4, -0.2) is 40.6 Å². The Kier molecular flexibility index (Phi) is 6.06. The van der Waals surface area contributed by atoms with Gasteiger partial charge < -0.3 is 9.15 Å². The molecule has 4 rings (SSSR count). The van der Waals surface area contributed by atoms with Gasteiger partial charge in [0.15, 0.2) is 0 Å². The lowest BCUT2D eigenvalue weighted by Gasteiger charge is -2.20. The van der Waals surface area contributed by atoms with Crippen molar-refractivity contribution in [3.05, 3.63) is 50.3 Å². The maximum absolute atomic E-state index is 13.6. The fourth-order valence-electron chi connectivity index (χ4n) is 4.04. The summed E-state index contributed by atoms with van der Waals surface area (Å²) in [5.74, 6) is 0.861. The zero-order valence-corrected chi connectivity index (χ0v) is 18.5. The van der Waals surface area contributed by atoms with Crippen molar-refractivity contribution >= 4 is 27.5 Å². The first-order valence-electron chi connectivity index (χ1n) is 10.5. The summed E-state index contributed by atoms with van der Waals surface area (Å²) >= 11 is 1.67. The molecule has 3 heterocycles. The molecule has 0 amide bonds. The Labute approximate surface area is 179 Å². The van der Waals surface area contributed by atoms with E-state index in [2.05, 4.69) is 18.7 Å². The predicted molar refractivity (Wildman–Crippen MR) is 116 cm³/mol. The van der Waals surface area contributed by atoms with E-state index in [1.165, 1.54) is 24.0 Å². The highest BCUT2D eigenvalue weighted by Crippen LogP contribution is 2.34. The highest BCUT2D eigenvalue weighted by Gasteiger charge is 2.23. The van der Waals surface area contributed by atoms with Gasteiger partial charge >= 0.3 is 5.97 Å². The summed E-state index contributed by atoms with van der Waals surface area (Å²) in [5.41, 5.74) is 1.16. The summed E-state index contributed by atoms with van der Waals surface area (Å²) in [7, 11) is 1.31. The Morgan fingerprint density at radius 2 is 2.03 bits per heavy atom. The molecule has 30 heavy (non-hydrogen) atoms. The van der Waals surface area contributed by atoms with E-state index in [4.69, 9.17) is 14.1 Å². The molecular formula is C22H27N3O4S. The van der Waals surface area contributed by atoms with E-state index in [1.807, 2.05) is 0 Å². The molecule has 3 aromatic rings. The fourth-order valence-corrected chi connectivity index (χ4v) is 5.31. The second kappa shape index (κ2) is 8.73. The normalized spacial score (nSPS) is 13.7. The average Bonchev–Trinajstić information content (AvgIpc) is 3.38. The molecule has 0 saturated carbocycles. The van der Waals surface area contributed by atoms with Crippen molar-refractivity contribution in [3.8, 4) is 0 Å². The Bertz CT molecular complexity index is 1120. The number of aromatic nitrogens is 2. The molecule has 1 aliphatic rings. The Morgan fingerprint density at radius 3 is 2.77 bits per heavy atom. The van der Waals surface area contributed by atoms with Gasteiger partial charge in [-0.2, -0.15) is 0 Å². The molecule has 0 N–H and O–H groups in total. The van der Waals surface area contributed by atoms with Crippen LogP contribution in [-0.2, 0) is 30.7 Å². The SMILES string of the molecule is CCN(CC)Cc1nc2sc3c(c2c(=O)n1Cc1ccc(C(=O)OC)o1)CCCC3. The van der Waals surface area contributed by atoms with Gasteiger partial charge in [0, 0.05) is 4.88 Å². The van der Waals surface area contributed by atoms with Gasteiger partial charge in [-0.3, -0.25) is 14.3 Å². The third-order valence-corrected chi connectivity index (χ3v) is 6.96. The third kappa shape index (κ3) is 3.81. The van der Waals surface area contributed by atoms with Gasteiger partial charge in [0.1, 0.15) is 16.4 Å². The minimum Gasteiger partial charge on any atom is -0.463 e. The van der Waals surface area contributed by atoms with Gasteiger partial charge in [0.05, 0.1) is 25.6 Å². The Balaban J connectivity index is 1.82. The van der Waals surface area contributed by atoms with Gasteiger partial charge in [-0.05, 0) is 56.5 Å². The summed E-state index contributed by atoms with van der Waals surface area (Å²) in [6.45, 7) is 6.77. The topological polar surface area (TPSA) is 77.6 Å². The molecule has 0 aromatic carbocycles. The lowest BCUT2D eigenvalue weighted by Crippen LogP contribution is -2.31. The summed E-state index contributed by atoms with van der Waals surface area (Å²) in [5, 5.41) is 0.762. The number of carbonyl (C=O) groups is 1. The van der Waals surface area contributed by atoms with Crippen molar-refractivity contribution in [2.24, 2.45) is 0 Å². The van der Waals surface area contributed by atoms with E-state index >= 15 is 0 Å². The van der Waals surface area contributed by atoms with Crippen LogP contribution in [0.3, 0.4) is 0 Å². The van der Waals surface area contributed by atoms with Crippen molar-refractivity contribution in [2.75, 3.05) is 20.2 Å². The zero-order valence-electron chi connectivity index (χ0n) is 17.7. The lowest BCUT2D eigenvalue weighted by molar-refractivity contribution is 0.0563. The quantitative estimate of drug-likeness (QED) is 0.534. The van der Waals surface area contributed by atoms with Crippen LogP contribution in [0.25, 0.3) is 10.2 Å². The molecule has 7 nitrogen and oxygen atoms in total. The maximum Gasteiger partial charge on any atom is 0.373 e. The molecule has 0 radical (unpaired) electrons. The van der Waals surface area contributed by atoms with E-state index in [-0.39, 0.29) is 17.9 Å². The van der Waals surface area contributed by atoms with Crippen LogP contribution in [0.15, 0.2) is 21.3 Å². The summed E-state index contributed by atoms with van der Waals surface area (Å²) < 4.78 is 12.1. The molecule has 0 aliphatic heterocycles. The minimum absolute atomic E-state index is 0.0161. The largest absolute Gasteiger partial charge is 0.463 e. The maximum atomic E-state index is 13.6. The van der Waals surface area contributed by atoms with E-state index < -0.39 is 5.97 Å². The molecule has 1 aliphatic carbocycles. The third-order valence-electron chi connectivity index (χ3n) is 5.78. The van der Waals surface area contributed by atoms with Gasteiger partial charge in [-0.25, -0.2) is 9.78 Å². The summed E-state index contributed by atoms with van der Waals surface area (Å²) in [6, 6.07) is 3.29. The second-order valence-electron chi connectivity index (χ2n) is 7.53. The second-order valence-corrected chi connectivity index (χ2v) is 8.61. The standard InChI is InChI=1S/C22H27N3O4S/c1-4-24(5-2)13-18-23-20-19(15-8-6-7-9-17(15)30-20)21(26)25(18)12-14-10-11-16(29-14)22(27)28-3/h10-11H,4-9,12-13H2,1-3H3. The number of hydrogen-bond acceptors (Lipinski definition) is 7. The smallest absolute Gasteiger partial charge is 0.373 e. The van der Waals surface area contributed by atoms with Crippen LogP contribution >= 0.6 is 11.3 Å². The van der Waals surface area contributed by atoms with Gasteiger partial charge in [-0.1, -0.05) is 13.8 Å². The first kappa shape index (κ1) is 20.8. The monoisotopic (exact) mass is 429 g/mol. The van der Waals surface area contributed by atoms with E-state index in [0.717, 1.165) is 48.4 Å². The van der Waals surface area contributed by atoms with Crippen molar-refractivity contribution in [1.82, 2.24) is 14.5 Å². The van der Waals surface area contributed by atoms with Crippen molar-refractivity contribution in [3.63, 3.8) is 0 Å². The number of ether oxygens (including phenoxy) is 1. The molecule has 0 unspecified atom stereocenters. The van der Waals surface area contributed by atoms with Crippen LogP contribution in [0.5, 0.6) is 0 Å². The number of hydrogen-bond donors (Lipinski definition) is 0. The molecule has 160 valence electrons. The lowest BCUT2D eigenvalue weighted by atomic mass is 9.97. The molecule has 3 aromatic heterocycles. The number of carbonyl (C=O) groups excluding carboxylic acids is 1. The first-order chi connectivity index (χ1) is 14.5. The van der Waals surface area contributed by atoms with Crippen molar-refractivity contribution in [1.29, 1.82) is 0 Å². The van der Waals surface area contributed by atoms with Crippen molar-refractivity contribution in [2.45, 2.75) is 52.6 Å². The number of nitrogens with zero attached hydrogens (tertiary/aromatic N) is 3. The molecule has 0 atom stereocenters. The number of aryl methyl sites for hydroxylation is 2. The van der Waals surface area contributed by atoms with Crippen LogP contribution in [0.2, 0.25) is 0 Å². The molecule has 0 fully saturated rings. The highest BCUT2D eigenvalue weighted by molar-refractivity contribution is 7.18. The van der Waals surface area contributed by atoms with Crippen LogP contribution in [0.4, 0.5) is 0 Å². The Morgan fingerprint density at radius 1 is 1.27 bits per heavy atom. The minimum atomic E-state index is -0.530. The molecule has 0 saturated heterocycles. The van der Waals surface area contributed by atoms with Crippen LogP contribution < -0.4 is 5.56 Å². The summed E-state index contributed by atoms with van der Waals surface area (Å²) in [4.78, 5) is 34.7. The number of esters is 1. The van der Waals surface area contributed by atoms with Crippen molar-refractivity contribution < 1.29 is 13.9 Å². The molecule has 0 spiro atoms. The van der Waals surface area contributed by atoms with E-state index in [9.17, 15) is 9.59 Å². The van der Waals surface area contributed by atoms with Crippen LogP contribution in [0.1, 0.15) is 59.3 Å². The average molecular weight is 430 g/mol. The molecular weight excluding hydrogens is 402 g/mol. The summed E-state index contributed by atoms with van der Waals surface area (Å²) in [6.07, 6.45) is 4.25. The number of methoxy groups -OCH3 is 1. The van der Waals surface area contributed by atoms with Gasteiger partial charge in [-0.15, -0.1) is 11.3 Å². The Hall–Kier alpha value is -2.45. The van der Waals surface area contributed by atoms with Gasteiger partial charge in [0.2, 0.25) is 5.76 Å². The number of fused-ring (bicyclic) bond motifs is 3. The molecule has 0 bridgehead atoms. The van der Waals surface area contributed by atoms with Crippen LogP contribution in [0, 0.1) is 0 Å². The number of rotatable bonds is 7. The highest BCUT2D eigenvalue weighted by atomic mass is 32.1. The van der Waals surface area contributed by atoms with E-state index in [1.54, 1.807) is 28.0 Å².